The van der Waals surface area contributed by atoms with Gasteiger partial charge in [-0.15, -0.1) is 0 Å². The summed E-state index contributed by atoms with van der Waals surface area (Å²) in [4.78, 5) is 35.4. The van der Waals surface area contributed by atoms with Gasteiger partial charge in [-0.3, -0.25) is 14.4 Å². The molecule has 0 heterocycles. The summed E-state index contributed by atoms with van der Waals surface area (Å²) in [6.45, 7) is 1.33. The van der Waals surface area contributed by atoms with Crippen molar-refractivity contribution in [3.63, 3.8) is 0 Å². The number of nitrogens with two attached hydrogens (primary N) is 1. The molecule has 0 saturated heterocycles. The quantitative estimate of drug-likeness (QED) is 0.743. The lowest BCUT2D eigenvalue weighted by Crippen LogP contribution is -2.46. The van der Waals surface area contributed by atoms with E-state index in [2.05, 4.69) is 10.6 Å². The Morgan fingerprint density at radius 1 is 1.08 bits per heavy atom. The number of halogens is 1. The van der Waals surface area contributed by atoms with Crippen LogP contribution in [0.2, 0.25) is 0 Å². The molecule has 0 unspecified atom stereocenters. The maximum atomic E-state index is 13.0. The number of nitrogens with one attached hydrogen (secondary N) is 2. The third-order valence-corrected chi connectivity index (χ3v) is 3.48. The molecule has 0 radical (unpaired) electrons. The molecular weight excluding hydrogens is 325 g/mol. The van der Waals surface area contributed by atoms with Gasteiger partial charge in [0.05, 0.1) is 11.3 Å². The lowest BCUT2D eigenvalue weighted by Gasteiger charge is -2.17. The van der Waals surface area contributed by atoms with Crippen LogP contribution >= 0.6 is 0 Å². The Labute approximate surface area is 144 Å². The van der Waals surface area contributed by atoms with Crippen LogP contribution in [0, 0.1) is 5.82 Å². The minimum absolute atomic E-state index is 0.129. The highest BCUT2D eigenvalue weighted by atomic mass is 19.1. The summed E-state index contributed by atoms with van der Waals surface area (Å²) in [5, 5.41) is 5.11. The monoisotopic (exact) mass is 343 g/mol. The second-order valence-corrected chi connectivity index (χ2v) is 5.49. The molecule has 2 rings (SSSR count). The zero-order valence-electron chi connectivity index (χ0n) is 13.6. The summed E-state index contributed by atoms with van der Waals surface area (Å²) in [6, 6.07) is 11.0. The molecule has 0 aliphatic carbocycles. The predicted molar refractivity (Wildman–Crippen MR) is 91.3 cm³/mol. The maximum absolute atomic E-state index is 13.0. The lowest BCUT2D eigenvalue weighted by atomic mass is 10.0. The first-order chi connectivity index (χ1) is 11.9. The summed E-state index contributed by atoms with van der Waals surface area (Å²) < 4.78 is 13.0. The van der Waals surface area contributed by atoms with Gasteiger partial charge in [0.15, 0.2) is 0 Å². The molecule has 0 fully saturated rings. The van der Waals surface area contributed by atoms with E-state index in [-0.39, 0.29) is 17.9 Å². The summed E-state index contributed by atoms with van der Waals surface area (Å²) in [6.07, 6.45) is 0.129. The highest BCUT2D eigenvalue weighted by molar-refractivity contribution is 6.04. The molecule has 130 valence electrons. The van der Waals surface area contributed by atoms with Gasteiger partial charge in [0.25, 0.3) is 5.91 Å². The van der Waals surface area contributed by atoms with E-state index in [1.807, 2.05) is 0 Å². The first-order valence-electron chi connectivity index (χ1n) is 7.58. The smallest absolute Gasteiger partial charge is 0.254 e. The van der Waals surface area contributed by atoms with Crippen molar-refractivity contribution in [2.24, 2.45) is 5.73 Å². The molecule has 0 spiro atoms. The number of benzene rings is 2. The number of rotatable bonds is 6. The van der Waals surface area contributed by atoms with Crippen LogP contribution in [0.25, 0.3) is 0 Å². The Hall–Kier alpha value is -3.22. The number of primary amides is 1. The minimum atomic E-state index is -0.969. The SMILES string of the molecule is CC(=O)Nc1ccccc1C(=O)N[C@@H](Cc1ccc(F)cc1)C(N)=O. The molecule has 0 aliphatic rings. The third kappa shape index (κ3) is 5.13. The van der Waals surface area contributed by atoms with E-state index >= 15 is 0 Å². The first kappa shape index (κ1) is 18.1. The van der Waals surface area contributed by atoms with Crippen LogP contribution in [0.3, 0.4) is 0 Å². The molecule has 0 bridgehead atoms. The average Bonchev–Trinajstić information content (AvgIpc) is 2.56. The summed E-state index contributed by atoms with van der Waals surface area (Å²) in [7, 11) is 0. The Bertz CT molecular complexity index is 790. The Balaban J connectivity index is 2.17. The fourth-order valence-corrected chi connectivity index (χ4v) is 2.29. The Kier molecular flexibility index (Phi) is 5.84. The zero-order valence-corrected chi connectivity index (χ0v) is 13.6. The molecule has 3 amide bonds. The molecule has 2 aromatic rings. The van der Waals surface area contributed by atoms with Crippen molar-refractivity contribution in [2.45, 2.75) is 19.4 Å². The van der Waals surface area contributed by atoms with Crippen LogP contribution in [-0.2, 0) is 16.0 Å². The van der Waals surface area contributed by atoms with Crippen molar-refractivity contribution < 1.29 is 18.8 Å². The number of carbonyl (C=O) groups excluding carboxylic acids is 3. The second-order valence-electron chi connectivity index (χ2n) is 5.49. The number of anilines is 1. The lowest BCUT2D eigenvalue weighted by molar-refractivity contribution is -0.119. The van der Waals surface area contributed by atoms with Crippen molar-refractivity contribution in [3.8, 4) is 0 Å². The highest BCUT2D eigenvalue weighted by Crippen LogP contribution is 2.15. The summed E-state index contributed by atoms with van der Waals surface area (Å²) in [5.74, 6) is -1.98. The molecule has 25 heavy (non-hydrogen) atoms. The summed E-state index contributed by atoms with van der Waals surface area (Å²) in [5.41, 5.74) is 6.56. The van der Waals surface area contributed by atoms with Gasteiger partial charge in [0.2, 0.25) is 11.8 Å². The largest absolute Gasteiger partial charge is 0.368 e. The number of amides is 3. The van der Waals surface area contributed by atoms with E-state index in [0.29, 0.717) is 11.3 Å². The highest BCUT2D eigenvalue weighted by Gasteiger charge is 2.21. The fourth-order valence-electron chi connectivity index (χ4n) is 2.29. The van der Waals surface area contributed by atoms with E-state index < -0.39 is 23.7 Å². The maximum Gasteiger partial charge on any atom is 0.254 e. The van der Waals surface area contributed by atoms with E-state index in [1.54, 1.807) is 18.2 Å². The normalized spacial score (nSPS) is 11.4. The number of para-hydroxylation sites is 1. The van der Waals surface area contributed by atoms with Gasteiger partial charge in [-0.2, -0.15) is 0 Å². The fraction of sp³-hybridized carbons (Fsp3) is 0.167. The number of hydrogen-bond acceptors (Lipinski definition) is 3. The molecule has 2 aromatic carbocycles. The van der Waals surface area contributed by atoms with Gasteiger partial charge < -0.3 is 16.4 Å². The molecule has 4 N–H and O–H groups in total. The van der Waals surface area contributed by atoms with Crippen LogP contribution < -0.4 is 16.4 Å². The van der Waals surface area contributed by atoms with E-state index in [9.17, 15) is 18.8 Å². The van der Waals surface area contributed by atoms with Crippen molar-refractivity contribution in [1.82, 2.24) is 5.32 Å². The molecule has 0 aliphatic heterocycles. The zero-order chi connectivity index (χ0) is 18.4. The van der Waals surface area contributed by atoms with Crippen LogP contribution in [0.5, 0.6) is 0 Å². The van der Waals surface area contributed by atoms with Crippen molar-refractivity contribution in [3.05, 3.63) is 65.5 Å². The topological polar surface area (TPSA) is 101 Å². The second kappa shape index (κ2) is 8.05. The van der Waals surface area contributed by atoms with Gasteiger partial charge in [-0.1, -0.05) is 24.3 Å². The summed E-state index contributed by atoms with van der Waals surface area (Å²) >= 11 is 0. The predicted octanol–water partition coefficient (Wildman–Crippen LogP) is 1.61. The minimum Gasteiger partial charge on any atom is -0.368 e. The Morgan fingerprint density at radius 2 is 1.72 bits per heavy atom. The molecule has 7 heteroatoms. The third-order valence-electron chi connectivity index (χ3n) is 3.48. The van der Waals surface area contributed by atoms with Crippen molar-refractivity contribution >= 4 is 23.4 Å². The van der Waals surface area contributed by atoms with E-state index in [4.69, 9.17) is 5.73 Å². The molecular formula is C18H18FN3O3. The van der Waals surface area contributed by atoms with Crippen molar-refractivity contribution in [2.75, 3.05) is 5.32 Å². The molecule has 0 aromatic heterocycles. The first-order valence-corrected chi connectivity index (χ1v) is 7.58. The van der Waals surface area contributed by atoms with Crippen molar-refractivity contribution in [1.29, 1.82) is 0 Å². The molecule has 0 saturated carbocycles. The van der Waals surface area contributed by atoms with Gasteiger partial charge in [-0.05, 0) is 29.8 Å². The van der Waals surface area contributed by atoms with Gasteiger partial charge in [-0.25, -0.2) is 4.39 Å². The van der Waals surface area contributed by atoms with Crippen LogP contribution in [-0.4, -0.2) is 23.8 Å². The van der Waals surface area contributed by atoms with E-state index in [1.165, 1.54) is 37.3 Å². The van der Waals surface area contributed by atoms with Gasteiger partial charge >= 0.3 is 0 Å². The van der Waals surface area contributed by atoms with Gasteiger partial charge in [0, 0.05) is 13.3 Å². The standard InChI is InChI=1S/C18H18FN3O3/c1-11(23)21-15-5-3-2-4-14(15)18(25)22-16(17(20)24)10-12-6-8-13(19)9-7-12/h2-9,16H,10H2,1H3,(H2,20,24)(H,21,23)(H,22,25)/t16-/m0/s1. The van der Waals surface area contributed by atoms with Crippen LogP contribution in [0.4, 0.5) is 10.1 Å². The molecule has 1 atom stereocenters. The van der Waals surface area contributed by atoms with E-state index in [0.717, 1.165) is 0 Å². The van der Waals surface area contributed by atoms with Crippen LogP contribution in [0.1, 0.15) is 22.8 Å². The number of carbonyl (C=O) groups is 3. The average molecular weight is 343 g/mol. The number of hydrogen-bond donors (Lipinski definition) is 3. The van der Waals surface area contributed by atoms with Gasteiger partial charge in [0.1, 0.15) is 11.9 Å². The van der Waals surface area contributed by atoms with Crippen LogP contribution in [0.15, 0.2) is 48.5 Å². The Morgan fingerprint density at radius 3 is 2.32 bits per heavy atom. The molecule has 6 nitrogen and oxygen atoms in total.